The Morgan fingerprint density at radius 1 is 1.04 bits per heavy atom. The number of nitrogen functional groups attached to an aromatic ring is 1. The van der Waals surface area contributed by atoms with Crippen molar-refractivity contribution < 1.29 is 14.3 Å². The summed E-state index contributed by atoms with van der Waals surface area (Å²) in [5.74, 6) is 0.431. The number of nitrogens with one attached hydrogen (secondary N) is 1. The van der Waals surface area contributed by atoms with Crippen LogP contribution in [-0.4, -0.2) is 40.7 Å². The van der Waals surface area contributed by atoms with E-state index in [1.807, 2.05) is 50.2 Å². The first-order chi connectivity index (χ1) is 13.6. The minimum Gasteiger partial charge on any atom is -0.474 e. The molecule has 3 rings (SSSR count). The molecule has 0 spiro atoms. The van der Waals surface area contributed by atoms with E-state index in [1.165, 1.54) is 0 Å². The highest BCUT2D eigenvalue weighted by Crippen LogP contribution is 2.26. The van der Waals surface area contributed by atoms with Gasteiger partial charge in [0.15, 0.2) is 5.52 Å². The van der Waals surface area contributed by atoms with Gasteiger partial charge in [-0.2, -0.15) is 4.98 Å². The van der Waals surface area contributed by atoms with Crippen molar-refractivity contribution in [1.29, 1.82) is 0 Å². The lowest BCUT2D eigenvalue weighted by atomic mass is 10.1. The minimum absolute atomic E-state index is 0.0276. The van der Waals surface area contributed by atoms with E-state index in [1.54, 1.807) is 0 Å². The molecule has 146 valence electrons. The molecule has 2 heterocycles. The third kappa shape index (κ3) is 4.72. The fourth-order valence-corrected chi connectivity index (χ4v) is 2.58. The molecule has 1 amide bonds. The number of nitrogens with two attached hydrogens (primary N) is 1. The molecule has 0 aliphatic rings. The lowest BCUT2D eigenvalue weighted by Gasteiger charge is -2.10. The number of carbonyl (C=O) groups is 1. The van der Waals surface area contributed by atoms with Gasteiger partial charge in [-0.05, 0) is 31.2 Å². The van der Waals surface area contributed by atoms with Crippen molar-refractivity contribution >= 4 is 28.6 Å². The van der Waals surface area contributed by atoms with Crippen LogP contribution in [0, 0.1) is 0 Å². The van der Waals surface area contributed by atoms with Crippen LogP contribution in [0.2, 0.25) is 0 Å². The molecule has 8 nitrogen and oxygen atoms in total. The lowest BCUT2D eigenvalue weighted by molar-refractivity contribution is -0.115. The van der Waals surface area contributed by atoms with Gasteiger partial charge < -0.3 is 20.5 Å². The first-order valence-corrected chi connectivity index (χ1v) is 9.15. The number of aromatic nitrogens is 3. The van der Waals surface area contributed by atoms with Crippen LogP contribution in [-0.2, 0) is 9.53 Å². The smallest absolute Gasteiger partial charge is 0.245 e. The number of benzene rings is 1. The molecule has 3 N–H and O–H groups in total. The number of ether oxygens (including phenoxy) is 2. The van der Waals surface area contributed by atoms with E-state index >= 15 is 0 Å². The number of rotatable bonds is 8. The minimum atomic E-state index is -0.0276. The van der Waals surface area contributed by atoms with E-state index in [2.05, 4.69) is 20.3 Å². The zero-order valence-corrected chi connectivity index (χ0v) is 15.9. The molecule has 0 saturated carbocycles. The van der Waals surface area contributed by atoms with Crippen LogP contribution < -0.4 is 15.8 Å². The maximum Gasteiger partial charge on any atom is 0.245 e. The van der Waals surface area contributed by atoms with Crippen LogP contribution in [0.3, 0.4) is 0 Å². The highest BCUT2D eigenvalue weighted by molar-refractivity contribution is 5.90. The molecular formula is C20H23N5O3. The van der Waals surface area contributed by atoms with E-state index in [9.17, 15) is 4.79 Å². The molecule has 8 heteroatoms. The maximum atomic E-state index is 11.5. The molecule has 1 aromatic carbocycles. The fourth-order valence-electron chi connectivity index (χ4n) is 2.58. The van der Waals surface area contributed by atoms with Crippen LogP contribution in [0.15, 0.2) is 36.4 Å². The average Bonchev–Trinajstić information content (AvgIpc) is 2.71. The van der Waals surface area contributed by atoms with Gasteiger partial charge in [0.1, 0.15) is 6.61 Å². The molecule has 3 aromatic rings. The summed E-state index contributed by atoms with van der Waals surface area (Å²) < 4.78 is 11.0. The summed E-state index contributed by atoms with van der Waals surface area (Å²) >= 11 is 0. The monoisotopic (exact) mass is 381 g/mol. The number of carbonyl (C=O) groups excluding carboxylic acids is 1. The number of fused-ring (bicyclic) bond motifs is 1. The Hall–Kier alpha value is -3.26. The Bertz CT molecular complexity index is 960. The first-order valence-electron chi connectivity index (χ1n) is 9.15. The SMILES string of the molecule is CCOCCOc1nc(N)nc2ccc(-c3ccc(NC(=O)CC)cc3)nc12. The summed E-state index contributed by atoms with van der Waals surface area (Å²) in [6.45, 7) is 5.15. The zero-order chi connectivity index (χ0) is 19.9. The fraction of sp³-hybridized carbons (Fsp3) is 0.300. The van der Waals surface area contributed by atoms with Gasteiger partial charge >= 0.3 is 0 Å². The van der Waals surface area contributed by atoms with Gasteiger partial charge in [0, 0.05) is 24.3 Å². The van der Waals surface area contributed by atoms with Crippen molar-refractivity contribution in [3.8, 4) is 17.1 Å². The molecular weight excluding hydrogens is 358 g/mol. The van der Waals surface area contributed by atoms with Crippen molar-refractivity contribution in [1.82, 2.24) is 15.0 Å². The van der Waals surface area contributed by atoms with Gasteiger partial charge in [0.2, 0.25) is 17.7 Å². The molecule has 0 aliphatic heterocycles. The molecule has 2 aromatic heterocycles. The molecule has 0 unspecified atom stereocenters. The standard InChI is InChI=1S/C20H23N5O3/c1-3-17(26)22-14-7-5-13(6-8-14)15-9-10-16-18(23-15)19(25-20(21)24-16)28-12-11-27-4-2/h5-10H,3-4,11-12H2,1-2H3,(H,22,26)(H2,21,24,25). The Kier molecular flexibility index (Phi) is 6.33. The molecule has 0 saturated heterocycles. The highest BCUT2D eigenvalue weighted by atomic mass is 16.5. The van der Waals surface area contributed by atoms with Crippen molar-refractivity contribution in [3.63, 3.8) is 0 Å². The van der Waals surface area contributed by atoms with Crippen molar-refractivity contribution in [2.24, 2.45) is 0 Å². The van der Waals surface area contributed by atoms with Crippen LogP contribution in [0.1, 0.15) is 20.3 Å². The Labute approximate surface area is 163 Å². The van der Waals surface area contributed by atoms with E-state index in [0.717, 1.165) is 16.9 Å². The van der Waals surface area contributed by atoms with Crippen molar-refractivity contribution in [2.75, 3.05) is 30.9 Å². The molecule has 0 radical (unpaired) electrons. The Morgan fingerprint density at radius 2 is 1.82 bits per heavy atom. The molecule has 0 atom stereocenters. The van der Waals surface area contributed by atoms with Gasteiger partial charge in [0.25, 0.3) is 0 Å². The molecule has 0 fully saturated rings. The summed E-state index contributed by atoms with van der Waals surface area (Å²) in [4.78, 5) is 24.5. The zero-order valence-electron chi connectivity index (χ0n) is 15.9. The number of anilines is 2. The highest BCUT2D eigenvalue weighted by Gasteiger charge is 2.11. The van der Waals surface area contributed by atoms with Crippen LogP contribution >= 0.6 is 0 Å². The number of hydrogen-bond acceptors (Lipinski definition) is 7. The predicted octanol–water partition coefficient (Wildman–Crippen LogP) is 3.04. The first kappa shape index (κ1) is 19.5. The quantitative estimate of drug-likeness (QED) is 0.577. The third-order valence-corrected chi connectivity index (χ3v) is 3.98. The molecule has 0 bridgehead atoms. The van der Waals surface area contributed by atoms with Crippen LogP contribution in [0.5, 0.6) is 5.88 Å². The van der Waals surface area contributed by atoms with Gasteiger partial charge in [0.05, 0.1) is 17.8 Å². The number of nitrogens with zero attached hydrogens (tertiary/aromatic N) is 3. The van der Waals surface area contributed by atoms with Gasteiger partial charge in [-0.25, -0.2) is 9.97 Å². The van der Waals surface area contributed by atoms with E-state index in [4.69, 9.17) is 15.2 Å². The predicted molar refractivity (Wildman–Crippen MR) is 108 cm³/mol. The summed E-state index contributed by atoms with van der Waals surface area (Å²) in [6, 6.07) is 11.2. The van der Waals surface area contributed by atoms with Gasteiger partial charge in [-0.3, -0.25) is 4.79 Å². The third-order valence-electron chi connectivity index (χ3n) is 3.98. The molecule has 28 heavy (non-hydrogen) atoms. The Morgan fingerprint density at radius 3 is 2.54 bits per heavy atom. The summed E-state index contributed by atoms with van der Waals surface area (Å²) in [7, 11) is 0. The van der Waals surface area contributed by atoms with Gasteiger partial charge in [-0.15, -0.1) is 0 Å². The second kappa shape index (κ2) is 9.09. The van der Waals surface area contributed by atoms with Gasteiger partial charge in [-0.1, -0.05) is 19.1 Å². The molecule has 0 aliphatic carbocycles. The number of pyridine rings is 1. The lowest BCUT2D eigenvalue weighted by Crippen LogP contribution is -2.09. The van der Waals surface area contributed by atoms with Crippen LogP contribution in [0.4, 0.5) is 11.6 Å². The summed E-state index contributed by atoms with van der Waals surface area (Å²) in [5.41, 5.74) is 9.30. The summed E-state index contributed by atoms with van der Waals surface area (Å²) in [6.07, 6.45) is 0.434. The average molecular weight is 381 g/mol. The largest absolute Gasteiger partial charge is 0.474 e. The second-order valence-corrected chi connectivity index (χ2v) is 5.98. The normalized spacial score (nSPS) is 10.8. The van der Waals surface area contributed by atoms with E-state index in [-0.39, 0.29) is 11.9 Å². The number of hydrogen-bond donors (Lipinski definition) is 2. The number of amides is 1. The van der Waals surface area contributed by atoms with Crippen molar-refractivity contribution in [3.05, 3.63) is 36.4 Å². The topological polar surface area (TPSA) is 112 Å². The summed E-state index contributed by atoms with van der Waals surface area (Å²) in [5, 5.41) is 2.82. The van der Waals surface area contributed by atoms with Crippen LogP contribution in [0.25, 0.3) is 22.3 Å². The van der Waals surface area contributed by atoms with Crippen molar-refractivity contribution in [2.45, 2.75) is 20.3 Å². The maximum absolute atomic E-state index is 11.5. The van der Waals surface area contributed by atoms with E-state index in [0.29, 0.717) is 43.2 Å². The Balaban J connectivity index is 1.88. The second-order valence-electron chi connectivity index (χ2n) is 5.98. The van der Waals surface area contributed by atoms with E-state index < -0.39 is 0 Å².